The average molecular weight is 288 g/mol. The number of likely N-dealkylation sites (N-methyl/N-ethyl adjacent to an activating group) is 1. The van der Waals surface area contributed by atoms with Crippen molar-refractivity contribution in [1.29, 1.82) is 5.26 Å². The quantitative estimate of drug-likeness (QED) is 0.826. The SMILES string of the molecule is CCN(CC(=O)O)C1CC(Nc2cc(C#N)cc(C)n2)C1. The van der Waals surface area contributed by atoms with Crippen LogP contribution in [0.3, 0.4) is 0 Å². The Hall–Kier alpha value is -2.13. The number of carboxylic acids is 1. The zero-order chi connectivity index (χ0) is 15.4. The van der Waals surface area contributed by atoms with Crippen LogP contribution in [0.25, 0.3) is 0 Å². The summed E-state index contributed by atoms with van der Waals surface area (Å²) in [5.41, 5.74) is 1.41. The van der Waals surface area contributed by atoms with E-state index in [1.807, 2.05) is 18.7 Å². The lowest BCUT2D eigenvalue weighted by atomic mass is 9.85. The Morgan fingerprint density at radius 2 is 2.29 bits per heavy atom. The fourth-order valence-electron chi connectivity index (χ4n) is 2.69. The molecule has 0 aromatic carbocycles. The molecule has 2 rings (SSSR count). The standard InChI is InChI=1S/C15H20N4O2/c1-3-19(9-15(20)21)13-6-12(7-13)18-14-5-11(8-16)4-10(2)17-14/h4-5,12-13H,3,6-7,9H2,1-2H3,(H,17,18)(H,20,21). The number of rotatable bonds is 6. The van der Waals surface area contributed by atoms with Gasteiger partial charge in [0.1, 0.15) is 5.82 Å². The number of carbonyl (C=O) groups is 1. The molecular weight excluding hydrogens is 268 g/mol. The third-order valence-electron chi connectivity index (χ3n) is 3.81. The minimum absolute atomic E-state index is 0.0924. The largest absolute Gasteiger partial charge is 0.480 e. The zero-order valence-electron chi connectivity index (χ0n) is 12.3. The van der Waals surface area contributed by atoms with Gasteiger partial charge in [0.25, 0.3) is 0 Å². The van der Waals surface area contributed by atoms with Crippen LogP contribution >= 0.6 is 0 Å². The summed E-state index contributed by atoms with van der Waals surface area (Å²) in [6.07, 6.45) is 1.80. The van der Waals surface area contributed by atoms with Crippen LogP contribution in [0.1, 0.15) is 31.0 Å². The molecule has 0 spiro atoms. The van der Waals surface area contributed by atoms with E-state index in [9.17, 15) is 4.79 Å². The zero-order valence-corrected chi connectivity index (χ0v) is 12.3. The summed E-state index contributed by atoms with van der Waals surface area (Å²) in [6.45, 7) is 4.67. The molecule has 21 heavy (non-hydrogen) atoms. The maximum atomic E-state index is 10.8. The highest BCUT2D eigenvalue weighted by atomic mass is 16.4. The van der Waals surface area contributed by atoms with E-state index in [0.29, 0.717) is 17.6 Å². The van der Waals surface area contributed by atoms with Crippen LogP contribution in [0.5, 0.6) is 0 Å². The van der Waals surface area contributed by atoms with Crippen LogP contribution in [-0.2, 0) is 4.79 Å². The van der Waals surface area contributed by atoms with Crippen molar-refractivity contribution in [3.05, 3.63) is 23.4 Å². The van der Waals surface area contributed by atoms with Crippen LogP contribution in [0.2, 0.25) is 0 Å². The number of hydrogen-bond acceptors (Lipinski definition) is 5. The highest BCUT2D eigenvalue weighted by Gasteiger charge is 2.33. The average Bonchev–Trinajstić information content (AvgIpc) is 2.39. The summed E-state index contributed by atoms with van der Waals surface area (Å²) in [5, 5.41) is 21.1. The first-order chi connectivity index (χ1) is 10.0. The second-order valence-electron chi connectivity index (χ2n) is 5.42. The molecule has 2 N–H and O–H groups in total. The van der Waals surface area contributed by atoms with Gasteiger partial charge in [-0.15, -0.1) is 0 Å². The molecule has 0 atom stereocenters. The Morgan fingerprint density at radius 3 is 2.86 bits per heavy atom. The van der Waals surface area contributed by atoms with Crippen molar-refractivity contribution in [3.63, 3.8) is 0 Å². The Kier molecular flexibility index (Phi) is 4.76. The van der Waals surface area contributed by atoms with Gasteiger partial charge in [0, 0.05) is 17.8 Å². The van der Waals surface area contributed by atoms with Crippen LogP contribution in [0.4, 0.5) is 5.82 Å². The first kappa shape index (κ1) is 15.3. The molecule has 1 saturated carbocycles. The number of anilines is 1. The van der Waals surface area contributed by atoms with E-state index in [4.69, 9.17) is 10.4 Å². The number of nitriles is 1. The predicted octanol–water partition coefficient (Wildman–Crippen LogP) is 1.61. The molecule has 0 amide bonds. The lowest BCUT2D eigenvalue weighted by Crippen LogP contribution is -2.51. The van der Waals surface area contributed by atoms with E-state index in [2.05, 4.69) is 16.4 Å². The molecule has 1 aliphatic rings. The number of pyridine rings is 1. The monoisotopic (exact) mass is 288 g/mol. The van der Waals surface area contributed by atoms with Crippen molar-refractivity contribution in [3.8, 4) is 6.07 Å². The van der Waals surface area contributed by atoms with Gasteiger partial charge in [0.15, 0.2) is 0 Å². The molecule has 0 radical (unpaired) electrons. The Morgan fingerprint density at radius 1 is 1.57 bits per heavy atom. The van der Waals surface area contributed by atoms with E-state index in [1.54, 1.807) is 12.1 Å². The molecule has 1 fully saturated rings. The van der Waals surface area contributed by atoms with Crippen LogP contribution in [0, 0.1) is 18.3 Å². The fraction of sp³-hybridized carbons (Fsp3) is 0.533. The van der Waals surface area contributed by atoms with Crippen molar-refractivity contribution in [2.24, 2.45) is 0 Å². The van der Waals surface area contributed by atoms with E-state index in [-0.39, 0.29) is 6.54 Å². The molecule has 0 bridgehead atoms. The Bertz CT molecular complexity index is 561. The number of aryl methyl sites for hydroxylation is 1. The van der Waals surface area contributed by atoms with Crippen molar-refractivity contribution in [2.75, 3.05) is 18.4 Å². The van der Waals surface area contributed by atoms with Gasteiger partial charge in [-0.1, -0.05) is 6.92 Å². The highest BCUT2D eigenvalue weighted by Crippen LogP contribution is 2.28. The van der Waals surface area contributed by atoms with E-state index >= 15 is 0 Å². The summed E-state index contributed by atoms with van der Waals surface area (Å²) < 4.78 is 0. The van der Waals surface area contributed by atoms with Gasteiger partial charge in [0.05, 0.1) is 18.2 Å². The maximum Gasteiger partial charge on any atom is 0.317 e. The summed E-state index contributed by atoms with van der Waals surface area (Å²) in [5.74, 6) is -0.0662. The van der Waals surface area contributed by atoms with Crippen LogP contribution in [-0.4, -0.2) is 46.1 Å². The predicted molar refractivity (Wildman–Crippen MR) is 79.0 cm³/mol. The minimum Gasteiger partial charge on any atom is -0.480 e. The molecule has 112 valence electrons. The van der Waals surface area contributed by atoms with Gasteiger partial charge < -0.3 is 10.4 Å². The number of aromatic nitrogens is 1. The molecule has 6 heteroatoms. The molecule has 1 aromatic heterocycles. The first-order valence-electron chi connectivity index (χ1n) is 7.13. The maximum absolute atomic E-state index is 10.8. The number of nitrogens with zero attached hydrogens (tertiary/aromatic N) is 3. The van der Waals surface area contributed by atoms with Gasteiger partial charge in [-0.3, -0.25) is 9.69 Å². The lowest BCUT2D eigenvalue weighted by Gasteiger charge is -2.42. The Labute approximate surface area is 124 Å². The molecule has 1 aliphatic carbocycles. The van der Waals surface area contributed by atoms with E-state index in [0.717, 1.165) is 30.9 Å². The smallest absolute Gasteiger partial charge is 0.317 e. The third kappa shape index (κ3) is 3.92. The molecular formula is C15H20N4O2. The van der Waals surface area contributed by atoms with Crippen molar-refractivity contribution in [1.82, 2.24) is 9.88 Å². The van der Waals surface area contributed by atoms with Gasteiger partial charge in [-0.25, -0.2) is 4.98 Å². The molecule has 0 saturated heterocycles. The number of aliphatic carboxylic acids is 1. The van der Waals surface area contributed by atoms with Crippen molar-refractivity contribution < 1.29 is 9.90 Å². The molecule has 6 nitrogen and oxygen atoms in total. The van der Waals surface area contributed by atoms with Gasteiger partial charge in [-0.2, -0.15) is 5.26 Å². The normalized spacial score (nSPS) is 20.7. The topological polar surface area (TPSA) is 89.3 Å². The fourth-order valence-corrected chi connectivity index (χ4v) is 2.69. The Balaban J connectivity index is 1.89. The third-order valence-corrected chi connectivity index (χ3v) is 3.81. The number of carboxylic acid groups (broad SMARTS) is 1. The van der Waals surface area contributed by atoms with Gasteiger partial charge in [-0.05, 0) is 38.4 Å². The molecule has 0 unspecified atom stereocenters. The van der Waals surface area contributed by atoms with E-state index < -0.39 is 5.97 Å². The van der Waals surface area contributed by atoms with E-state index in [1.165, 1.54) is 0 Å². The summed E-state index contributed by atoms with van der Waals surface area (Å²) in [4.78, 5) is 17.1. The van der Waals surface area contributed by atoms with Crippen LogP contribution in [0.15, 0.2) is 12.1 Å². The molecule has 1 aromatic rings. The summed E-state index contributed by atoms with van der Waals surface area (Å²) in [6, 6.07) is 6.22. The summed E-state index contributed by atoms with van der Waals surface area (Å²) >= 11 is 0. The second kappa shape index (κ2) is 6.55. The molecule has 0 aliphatic heterocycles. The minimum atomic E-state index is -0.785. The highest BCUT2D eigenvalue weighted by molar-refractivity contribution is 5.69. The van der Waals surface area contributed by atoms with Crippen molar-refractivity contribution in [2.45, 2.75) is 38.8 Å². The first-order valence-corrected chi connectivity index (χ1v) is 7.13. The van der Waals surface area contributed by atoms with Crippen molar-refractivity contribution >= 4 is 11.8 Å². The van der Waals surface area contributed by atoms with Gasteiger partial charge in [0.2, 0.25) is 0 Å². The molecule has 1 heterocycles. The number of nitrogens with one attached hydrogen (secondary N) is 1. The number of hydrogen-bond donors (Lipinski definition) is 2. The lowest BCUT2D eigenvalue weighted by molar-refractivity contribution is -0.139. The van der Waals surface area contributed by atoms with Gasteiger partial charge >= 0.3 is 5.97 Å². The van der Waals surface area contributed by atoms with Crippen LogP contribution < -0.4 is 5.32 Å². The summed E-state index contributed by atoms with van der Waals surface area (Å²) in [7, 11) is 0. The second-order valence-corrected chi connectivity index (χ2v) is 5.42.